The molecule has 188 valence electrons. The molecular formula is C28H30N2O6. The van der Waals surface area contributed by atoms with Gasteiger partial charge < -0.3 is 19.2 Å². The molecule has 3 aromatic rings. The predicted octanol–water partition coefficient (Wildman–Crippen LogP) is 4.95. The summed E-state index contributed by atoms with van der Waals surface area (Å²) in [4.78, 5) is 41.0. The summed E-state index contributed by atoms with van der Waals surface area (Å²) in [6.07, 6.45) is 5.25. The van der Waals surface area contributed by atoms with Crippen molar-refractivity contribution >= 4 is 23.3 Å². The number of carbonyl (C=O) groups is 3. The van der Waals surface area contributed by atoms with Gasteiger partial charge in [-0.3, -0.25) is 19.3 Å². The number of para-hydroxylation sites is 1. The van der Waals surface area contributed by atoms with Gasteiger partial charge in [-0.05, 0) is 62.2 Å². The third-order valence-electron chi connectivity index (χ3n) is 6.44. The fourth-order valence-electron chi connectivity index (χ4n) is 4.63. The van der Waals surface area contributed by atoms with Gasteiger partial charge in [0.05, 0.1) is 20.5 Å². The lowest BCUT2D eigenvalue weighted by Crippen LogP contribution is -2.46. The van der Waals surface area contributed by atoms with Gasteiger partial charge in [0.15, 0.2) is 23.0 Å². The van der Waals surface area contributed by atoms with Crippen molar-refractivity contribution in [2.75, 3.05) is 19.1 Å². The zero-order valence-electron chi connectivity index (χ0n) is 20.7. The molecule has 8 nitrogen and oxygen atoms in total. The minimum absolute atomic E-state index is 0.0252. The van der Waals surface area contributed by atoms with Crippen molar-refractivity contribution in [1.29, 1.82) is 0 Å². The van der Waals surface area contributed by atoms with Crippen molar-refractivity contribution in [2.24, 2.45) is 0 Å². The van der Waals surface area contributed by atoms with E-state index in [1.54, 1.807) is 54.6 Å². The molecule has 1 aliphatic rings. The Hall–Kier alpha value is -4.07. The Morgan fingerprint density at radius 1 is 0.972 bits per heavy atom. The van der Waals surface area contributed by atoms with E-state index in [4.69, 9.17) is 13.9 Å². The number of Topliss-reactive ketones (excluding diaryl/α,β-unsaturated/α-hetero) is 1. The first-order valence-electron chi connectivity index (χ1n) is 11.9. The molecule has 1 heterocycles. The number of ether oxygens (including phenoxy) is 2. The summed E-state index contributed by atoms with van der Waals surface area (Å²) >= 11 is 0. The molecule has 0 spiro atoms. The Bertz CT molecular complexity index is 1210. The monoisotopic (exact) mass is 490 g/mol. The number of hydrogen-bond donors (Lipinski definition) is 1. The molecule has 2 aromatic carbocycles. The molecule has 8 heteroatoms. The summed E-state index contributed by atoms with van der Waals surface area (Å²) in [5, 5.41) is 3.13. The average Bonchev–Trinajstić information content (AvgIpc) is 3.61. The van der Waals surface area contributed by atoms with Crippen molar-refractivity contribution < 1.29 is 28.3 Å². The first-order chi connectivity index (χ1) is 17.4. The van der Waals surface area contributed by atoms with Crippen molar-refractivity contribution in [3.05, 3.63) is 77.7 Å². The maximum atomic E-state index is 13.9. The van der Waals surface area contributed by atoms with Gasteiger partial charge in [0.1, 0.15) is 6.04 Å². The number of nitrogens with one attached hydrogen (secondary N) is 1. The molecule has 1 aromatic heterocycles. The van der Waals surface area contributed by atoms with Crippen LogP contribution in [0.3, 0.4) is 0 Å². The van der Waals surface area contributed by atoms with Crippen LogP contribution in [0.4, 0.5) is 5.69 Å². The molecule has 0 bridgehead atoms. The molecule has 0 unspecified atom stereocenters. The third kappa shape index (κ3) is 5.12. The van der Waals surface area contributed by atoms with Gasteiger partial charge in [0.25, 0.3) is 5.91 Å². The molecule has 0 aliphatic heterocycles. The van der Waals surface area contributed by atoms with Crippen LogP contribution in [0.15, 0.2) is 65.3 Å². The van der Waals surface area contributed by atoms with Crippen LogP contribution in [0.5, 0.6) is 11.5 Å². The first-order valence-corrected chi connectivity index (χ1v) is 11.9. The van der Waals surface area contributed by atoms with E-state index in [1.807, 2.05) is 0 Å². The molecule has 36 heavy (non-hydrogen) atoms. The number of amides is 2. The molecule has 2 amide bonds. The summed E-state index contributed by atoms with van der Waals surface area (Å²) in [5.41, 5.74) is 1.39. The van der Waals surface area contributed by atoms with Gasteiger partial charge in [-0.2, -0.15) is 0 Å². The number of ketones is 1. The van der Waals surface area contributed by atoms with E-state index < -0.39 is 11.9 Å². The van der Waals surface area contributed by atoms with E-state index in [1.165, 1.54) is 32.3 Å². The molecule has 1 saturated carbocycles. The lowest BCUT2D eigenvalue weighted by molar-refractivity contribution is -0.123. The van der Waals surface area contributed by atoms with Crippen molar-refractivity contribution in [3.63, 3.8) is 0 Å². The first kappa shape index (κ1) is 25.0. The van der Waals surface area contributed by atoms with Gasteiger partial charge in [-0.25, -0.2) is 0 Å². The van der Waals surface area contributed by atoms with Gasteiger partial charge in [-0.1, -0.05) is 25.0 Å². The highest BCUT2D eigenvalue weighted by molar-refractivity contribution is 6.09. The van der Waals surface area contributed by atoms with Crippen LogP contribution in [-0.4, -0.2) is 37.9 Å². The van der Waals surface area contributed by atoms with Crippen LogP contribution in [-0.2, 0) is 4.79 Å². The van der Waals surface area contributed by atoms with Crippen molar-refractivity contribution in [2.45, 2.75) is 44.7 Å². The number of rotatable bonds is 9. The number of hydrogen-bond acceptors (Lipinski definition) is 6. The Morgan fingerprint density at radius 3 is 2.28 bits per heavy atom. The molecule has 1 atom stereocenters. The van der Waals surface area contributed by atoms with E-state index >= 15 is 0 Å². The van der Waals surface area contributed by atoms with Gasteiger partial charge in [0, 0.05) is 22.9 Å². The molecule has 0 radical (unpaired) electrons. The Balaban J connectivity index is 1.89. The summed E-state index contributed by atoms with van der Waals surface area (Å²) in [7, 11) is 3.01. The Morgan fingerprint density at radius 2 is 1.69 bits per heavy atom. The van der Waals surface area contributed by atoms with E-state index in [0.29, 0.717) is 28.3 Å². The Labute approximate surface area is 210 Å². The lowest BCUT2D eigenvalue weighted by atomic mass is 9.99. The highest BCUT2D eigenvalue weighted by atomic mass is 16.5. The van der Waals surface area contributed by atoms with E-state index in [9.17, 15) is 14.4 Å². The normalized spacial score (nSPS) is 14.2. The SMILES string of the molecule is COc1cccc([C@@H](C(=O)NC2CCCC2)N(C(=O)c2ccco2)c2ccc(C(C)=O)cc2)c1OC. The van der Waals surface area contributed by atoms with Crippen LogP contribution in [0.2, 0.25) is 0 Å². The maximum Gasteiger partial charge on any atom is 0.294 e. The largest absolute Gasteiger partial charge is 0.493 e. The van der Waals surface area contributed by atoms with Crippen LogP contribution in [0, 0.1) is 0 Å². The van der Waals surface area contributed by atoms with E-state index in [-0.39, 0.29) is 23.5 Å². The van der Waals surface area contributed by atoms with Crippen LogP contribution >= 0.6 is 0 Å². The number of carbonyl (C=O) groups excluding carboxylic acids is 3. The highest BCUT2D eigenvalue weighted by Crippen LogP contribution is 2.40. The lowest BCUT2D eigenvalue weighted by Gasteiger charge is -2.32. The van der Waals surface area contributed by atoms with Crippen LogP contribution < -0.4 is 19.7 Å². The minimum atomic E-state index is -1.10. The molecule has 4 rings (SSSR count). The van der Waals surface area contributed by atoms with E-state index in [0.717, 1.165) is 25.7 Å². The van der Waals surface area contributed by atoms with Crippen molar-refractivity contribution in [1.82, 2.24) is 5.32 Å². The fraction of sp³-hybridized carbons (Fsp3) is 0.321. The van der Waals surface area contributed by atoms with E-state index in [2.05, 4.69) is 5.32 Å². The fourth-order valence-corrected chi connectivity index (χ4v) is 4.63. The number of benzene rings is 2. The maximum absolute atomic E-state index is 13.9. The summed E-state index contributed by atoms with van der Waals surface area (Å²) in [6, 6.07) is 13.9. The van der Waals surface area contributed by atoms with Gasteiger partial charge >= 0.3 is 0 Å². The van der Waals surface area contributed by atoms with Gasteiger partial charge in [-0.15, -0.1) is 0 Å². The second kappa shape index (κ2) is 11.1. The second-order valence-electron chi connectivity index (χ2n) is 8.73. The zero-order valence-corrected chi connectivity index (χ0v) is 20.7. The molecule has 1 N–H and O–H groups in total. The van der Waals surface area contributed by atoms with Gasteiger partial charge in [0.2, 0.25) is 5.91 Å². The standard InChI is InChI=1S/C28H30N2O6/c1-18(31)19-13-15-21(16-14-19)30(28(33)24-12-7-17-36-24)25(27(32)29-20-8-4-5-9-20)22-10-6-11-23(34-2)26(22)35-3/h6-7,10-17,20,25H,4-5,8-9H2,1-3H3,(H,29,32)/t25-/m0/s1. The quantitative estimate of drug-likeness (QED) is 0.427. The Kier molecular flexibility index (Phi) is 7.73. The average molecular weight is 491 g/mol. The molecular weight excluding hydrogens is 460 g/mol. The molecule has 1 aliphatic carbocycles. The van der Waals surface area contributed by atoms with Crippen LogP contribution in [0.1, 0.15) is 65.1 Å². The number of furan rings is 1. The topological polar surface area (TPSA) is 98.1 Å². The molecule has 1 fully saturated rings. The number of nitrogens with zero attached hydrogens (tertiary/aromatic N) is 1. The minimum Gasteiger partial charge on any atom is -0.493 e. The van der Waals surface area contributed by atoms with Crippen LogP contribution in [0.25, 0.3) is 0 Å². The zero-order chi connectivity index (χ0) is 25.7. The predicted molar refractivity (Wildman–Crippen MR) is 135 cm³/mol. The highest BCUT2D eigenvalue weighted by Gasteiger charge is 2.38. The number of anilines is 1. The van der Waals surface area contributed by atoms with Crippen molar-refractivity contribution in [3.8, 4) is 11.5 Å². The summed E-state index contributed by atoms with van der Waals surface area (Å²) in [5.74, 6) is -0.0900. The third-order valence-corrected chi connectivity index (χ3v) is 6.44. The molecule has 0 saturated heterocycles. The number of methoxy groups -OCH3 is 2. The summed E-state index contributed by atoms with van der Waals surface area (Å²) < 4.78 is 16.6. The second-order valence-corrected chi connectivity index (χ2v) is 8.73. The summed E-state index contributed by atoms with van der Waals surface area (Å²) in [6.45, 7) is 1.47. The smallest absolute Gasteiger partial charge is 0.294 e.